The third-order valence-electron chi connectivity index (χ3n) is 1.07. The third-order valence-corrected chi connectivity index (χ3v) is 1.07. The normalized spacial score (nSPS) is 12.8. The summed E-state index contributed by atoms with van der Waals surface area (Å²) in [6.45, 7) is 1.26. The van der Waals surface area contributed by atoms with Crippen molar-refractivity contribution in [3.8, 4) is 0 Å². The van der Waals surface area contributed by atoms with Gasteiger partial charge in [-0.3, -0.25) is 0 Å². The first-order valence-electron chi connectivity index (χ1n) is 3.02. The Morgan fingerprint density at radius 2 is 1.67 bits per heavy atom. The largest absolute Gasteiger partial charge is 0.545 e. The van der Waals surface area contributed by atoms with Crippen LogP contribution in [0.1, 0.15) is 6.92 Å². The second-order valence-electron chi connectivity index (χ2n) is 2.05. The zero-order valence-corrected chi connectivity index (χ0v) is 6.37. The lowest BCUT2D eigenvalue weighted by Gasteiger charge is -2.01. The first-order chi connectivity index (χ1) is 5.45. The van der Waals surface area contributed by atoms with Crippen molar-refractivity contribution in [3.63, 3.8) is 0 Å². The molecule has 0 saturated heterocycles. The number of rotatable bonds is 3. The van der Waals surface area contributed by atoms with Crippen molar-refractivity contribution in [3.05, 3.63) is 23.4 Å². The molecule has 0 aliphatic carbocycles. The molecule has 12 heavy (non-hydrogen) atoms. The molecular formula is C7H7NO4-2. The van der Waals surface area contributed by atoms with Crippen molar-refractivity contribution in [2.75, 3.05) is 0 Å². The van der Waals surface area contributed by atoms with E-state index in [-0.39, 0.29) is 5.57 Å². The molecule has 0 fully saturated rings. The Bertz CT molecular complexity index is 237. The molecule has 2 N–H and O–H groups in total. The number of nitrogens with two attached hydrogens (primary N) is 1. The van der Waals surface area contributed by atoms with Gasteiger partial charge in [-0.1, -0.05) is 6.08 Å². The Kier molecular flexibility index (Phi) is 3.55. The highest BCUT2D eigenvalue weighted by Gasteiger charge is 1.89. The van der Waals surface area contributed by atoms with E-state index in [0.717, 1.165) is 12.2 Å². The standard InChI is InChI=1S/C7H9NO4/c1-4(6(9)10)2-3-5(8)7(11)12/h2-3H,8H2,1H3,(H,9,10)(H,11,12)/p-2/b4-2+,5-3-. The average molecular weight is 169 g/mol. The number of carboxylic acid groups (broad SMARTS) is 2. The summed E-state index contributed by atoms with van der Waals surface area (Å²) in [7, 11) is 0. The second kappa shape index (κ2) is 4.17. The Balaban J connectivity index is 4.48. The van der Waals surface area contributed by atoms with Gasteiger partial charge in [-0.15, -0.1) is 0 Å². The van der Waals surface area contributed by atoms with Gasteiger partial charge in [0, 0.05) is 0 Å². The van der Waals surface area contributed by atoms with Crippen LogP contribution in [-0.2, 0) is 9.59 Å². The number of carbonyl (C=O) groups excluding carboxylic acids is 2. The van der Waals surface area contributed by atoms with E-state index in [9.17, 15) is 19.8 Å². The smallest absolute Gasteiger partial charge is 0.0872 e. The highest BCUT2D eigenvalue weighted by molar-refractivity contribution is 5.86. The first kappa shape index (κ1) is 10.2. The Hall–Kier alpha value is -1.78. The van der Waals surface area contributed by atoms with Crippen LogP contribution in [0.15, 0.2) is 23.4 Å². The number of carbonyl (C=O) groups is 2. The van der Waals surface area contributed by atoms with E-state index < -0.39 is 17.6 Å². The van der Waals surface area contributed by atoms with Crippen molar-refractivity contribution >= 4 is 11.9 Å². The van der Waals surface area contributed by atoms with Crippen LogP contribution in [0.2, 0.25) is 0 Å². The number of hydrogen-bond acceptors (Lipinski definition) is 5. The van der Waals surface area contributed by atoms with E-state index in [1.165, 1.54) is 6.92 Å². The van der Waals surface area contributed by atoms with Crippen molar-refractivity contribution in [1.82, 2.24) is 0 Å². The van der Waals surface area contributed by atoms with Crippen LogP contribution < -0.4 is 15.9 Å². The molecule has 0 amide bonds. The summed E-state index contributed by atoms with van der Waals surface area (Å²) >= 11 is 0. The summed E-state index contributed by atoms with van der Waals surface area (Å²) in [6, 6.07) is 0. The number of aliphatic carboxylic acids is 2. The van der Waals surface area contributed by atoms with Gasteiger partial charge in [0.05, 0.1) is 17.6 Å². The topological polar surface area (TPSA) is 106 Å². The third kappa shape index (κ3) is 3.40. The van der Waals surface area contributed by atoms with E-state index in [1.807, 2.05) is 0 Å². The molecule has 0 aromatic carbocycles. The average Bonchev–Trinajstić information content (AvgIpc) is 1.98. The van der Waals surface area contributed by atoms with E-state index >= 15 is 0 Å². The number of hydrogen-bond donors (Lipinski definition) is 1. The van der Waals surface area contributed by atoms with Gasteiger partial charge < -0.3 is 25.5 Å². The molecule has 0 atom stereocenters. The van der Waals surface area contributed by atoms with Gasteiger partial charge in [-0.25, -0.2) is 0 Å². The van der Waals surface area contributed by atoms with E-state index in [0.29, 0.717) is 0 Å². The monoisotopic (exact) mass is 169 g/mol. The molecule has 66 valence electrons. The van der Waals surface area contributed by atoms with Crippen LogP contribution >= 0.6 is 0 Å². The summed E-state index contributed by atoms with van der Waals surface area (Å²) in [5.74, 6) is -2.92. The molecule has 0 aromatic rings. The predicted molar refractivity (Wildman–Crippen MR) is 36.0 cm³/mol. The molecule has 0 rings (SSSR count). The maximum absolute atomic E-state index is 10.1. The summed E-state index contributed by atoms with van der Waals surface area (Å²) in [4.78, 5) is 20.1. The van der Waals surface area contributed by atoms with Crippen molar-refractivity contribution in [1.29, 1.82) is 0 Å². The fourth-order valence-corrected chi connectivity index (χ4v) is 0.351. The Labute approximate surface area is 68.8 Å². The first-order valence-corrected chi connectivity index (χ1v) is 3.02. The van der Waals surface area contributed by atoms with Crippen LogP contribution in [0.5, 0.6) is 0 Å². The zero-order chi connectivity index (χ0) is 9.72. The maximum atomic E-state index is 10.1. The van der Waals surface area contributed by atoms with Gasteiger partial charge in [0.15, 0.2) is 0 Å². The molecule has 0 unspecified atom stereocenters. The molecule has 5 nitrogen and oxygen atoms in total. The molecule has 0 aliphatic rings. The van der Waals surface area contributed by atoms with E-state index in [2.05, 4.69) is 0 Å². The highest BCUT2D eigenvalue weighted by atomic mass is 16.4. The minimum atomic E-state index is -1.54. The fourth-order valence-electron chi connectivity index (χ4n) is 0.351. The van der Waals surface area contributed by atoms with Crippen molar-refractivity contribution in [2.24, 2.45) is 5.73 Å². The minimum Gasteiger partial charge on any atom is -0.545 e. The summed E-state index contributed by atoms with van der Waals surface area (Å²) in [6.07, 6.45) is 1.96. The lowest BCUT2D eigenvalue weighted by atomic mass is 10.2. The van der Waals surface area contributed by atoms with Crippen LogP contribution in [0.25, 0.3) is 0 Å². The minimum absolute atomic E-state index is 0.112. The molecule has 0 spiro atoms. The highest BCUT2D eigenvalue weighted by Crippen LogP contribution is 1.91. The fraction of sp³-hybridized carbons (Fsp3) is 0.143. The van der Waals surface area contributed by atoms with E-state index in [4.69, 9.17) is 5.73 Å². The molecule has 0 radical (unpaired) electrons. The lowest BCUT2D eigenvalue weighted by molar-refractivity contribution is -0.300. The molecule has 0 heterocycles. The second-order valence-corrected chi connectivity index (χ2v) is 2.05. The van der Waals surface area contributed by atoms with Gasteiger partial charge in [-0.05, 0) is 18.6 Å². The number of carboxylic acids is 2. The van der Waals surface area contributed by atoms with Crippen LogP contribution in [0.3, 0.4) is 0 Å². The van der Waals surface area contributed by atoms with Gasteiger partial charge in [0.2, 0.25) is 0 Å². The zero-order valence-electron chi connectivity index (χ0n) is 6.37. The molecule has 0 saturated carbocycles. The van der Waals surface area contributed by atoms with Crippen LogP contribution in [-0.4, -0.2) is 11.9 Å². The van der Waals surface area contributed by atoms with Gasteiger partial charge in [0.1, 0.15) is 0 Å². The quantitative estimate of drug-likeness (QED) is 0.364. The van der Waals surface area contributed by atoms with Gasteiger partial charge in [0.25, 0.3) is 0 Å². The Morgan fingerprint density at radius 3 is 2.00 bits per heavy atom. The summed E-state index contributed by atoms with van der Waals surface area (Å²) in [5, 5.41) is 20.1. The summed E-state index contributed by atoms with van der Waals surface area (Å²) in [5.41, 5.74) is 4.26. The SMILES string of the molecule is C/C(=C\C=C(/N)C(=O)[O-])C(=O)[O-]. The predicted octanol–water partition coefficient (Wildman–Crippen LogP) is -2.72. The molecular weight excluding hydrogens is 162 g/mol. The number of allylic oxidation sites excluding steroid dienone is 2. The maximum Gasteiger partial charge on any atom is 0.0872 e. The molecule has 0 bridgehead atoms. The van der Waals surface area contributed by atoms with Crippen molar-refractivity contribution in [2.45, 2.75) is 6.92 Å². The molecule has 0 aromatic heterocycles. The van der Waals surface area contributed by atoms with Gasteiger partial charge in [-0.2, -0.15) is 0 Å². The van der Waals surface area contributed by atoms with Crippen molar-refractivity contribution < 1.29 is 19.8 Å². The molecule has 0 aliphatic heterocycles. The summed E-state index contributed by atoms with van der Waals surface area (Å²) < 4.78 is 0. The van der Waals surface area contributed by atoms with E-state index in [1.54, 1.807) is 0 Å². The molecule has 5 heteroatoms. The Morgan fingerprint density at radius 1 is 1.17 bits per heavy atom. The van der Waals surface area contributed by atoms with Crippen LogP contribution in [0, 0.1) is 0 Å². The lowest BCUT2D eigenvalue weighted by Crippen LogP contribution is -2.28. The van der Waals surface area contributed by atoms with Crippen LogP contribution in [0.4, 0.5) is 0 Å². The van der Waals surface area contributed by atoms with Gasteiger partial charge >= 0.3 is 0 Å².